The number of carbonyl (C=O) groups is 2. The van der Waals surface area contributed by atoms with Crippen LogP contribution in [0, 0.1) is 0 Å². The fourth-order valence-corrected chi connectivity index (χ4v) is 5.74. The fraction of sp³-hybridized carbons (Fsp3) is 0.417. The number of nitrogens with one attached hydrogen (secondary N) is 1. The molecule has 1 fully saturated rings. The number of benzene rings is 2. The lowest BCUT2D eigenvalue weighted by Gasteiger charge is -2.29. The summed E-state index contributed by atoms with van der Waals surface area (Å²) in [5.41, 5.74) is 1.14. The molecule has 0 bridgehead atoms. The van der Waals surface area contributed by atoms with E-state index in [0.29, 0.717) is 43.3 Å². The maximum absolute atomic E-state index is 13.0. The number of hydrogen-bond donors (Lipinski definition) is 1. The van der Waals surface area contributed by atoms with Crippen molar-refractivity contribution in [3.8, 4) is 17.2 Å². The fourth-order valence-electron chi connectivity index (χ4n) is 4.21. The quantitative estimate of drug-likeness (QED) is 0.553. The van der Waals surface area contributed by atoms with E-state index in [2.05, 4.69) is 5.32 Å². The summed E-state index contributed by atoms with van der Waals surface area (Å²) in [4.78, 5) is 26.6. The number of methoxy groups -OCH3 is 2. The van der Waals surface area contributed by atoms with Crippen LogP contribution in [-0.4, -0.2) is 71.5 Å². The molecule has 2 amide bonds. The molecule has 2 heterocycles. The van der Waals surface area contributed by atoms with Gasteiger partial charge in [0.15, 0.2) is 6.61 Å². The number of amides is 2. The van der Waals surface area contributed by atoms with Crippen molar-refractivity contribution in [1.29, 1.82) is 0 Å². The summed E-state index contributed by atoms with van der Waals surface area (Å²) in [5, 5.41) is 2.81. The van der Waals surface area contributed by atoms with Crippen LogP contribution in [0.25, 0.3) is 0 Å². The van der Waals surface area contributed by atoms with Gasteiger partial charge in [-0.25, -0.2) is 8.42 Å². The molecule has 2 aliphatic heterocycles. The van der Waals surface area contributed by atoms with Crippen LogP contribution in [0.3, 0.4) is 0 Å². The van der Waals surface area contributed by atoms with Crippen molar-refractivity contribution in [2.75, 3.05) is 51.9 Å². The molecule has 35 heavy (non-hydrogen) atoms. The Morgan fingerprint density at radius 3 is 2.57 bits per heavy atom. The molecule has 2 aromatic carbocycles. The van der Waals surface area contributed by atoms with Crippen molar-refractivity contribution in [3.05, 3.63) is 42.0 Å². The van der Waals surface area contributed by atoms with Crippen LogP contribution in [0.15, 0.2) is 41.3 Å². The Hall–Kier alpha value is -3.31. The first-order valence-corrected chi connectivity index (χ1v) is 12.8. The van der Waals surface area contributed by atoms with Crippen LogP contribution in [0.4, 0.5) is 5.69 Å². The van der Waals surface area contributed by atoms with Gasteiger partial charge in [0.1, 0.15) is 23.8 Å². The van der Waals surface area contributed by atoms with E-state index in [1.807, 2.05) is 6.07 Å². The number of rotatable bonds is 9. The Balaban J connectivity index is 1.45. The summed E-state index contributed by atoms with van der Waals surface area (Å²) in [6.45, 7) is 0.784. The third-order valence-corrected chi connectivity index (χ3v) is 7.98. The molecular weight excluding hydrogens is 474 g/mol. The molecule has 2 aliphatic rings. The number of ether oxygens (including phenoxy) is 3. The Morgan fingerprint density at radius 2 is 1.86 bits per heavy atom. The molecule has 0 aliphatic carbocycles. The van der Waals surface area contributed by atoms with E-state index >= 15 is 0 Å². The molecule has 0 spiro atoms. The third kappa shape index (κ3) is 5.35. The van der Waals surface area contributed by atoms with Crippen molar-refractivity contribution in [2.24, 2.45) is 0 Å². The Bertz CT molecular complexity index is 1210. The summed E-state index contributed by atoms with van der Waals surface area (Å²) in [6, 6.07) is 9.85. The van der Waals surface area contributed by atoms with E-state index in [1.165, 1.54) is 27.4 Å². The summed E-state index contributed by atoms with van der Waals surface area (Å²) in [7, 11) is -0.533. The lowest BCUT2D eigenvalue weighted by molar-refractivity contribution is -0.125. The Kier molecular flexibility index (Phi) is 7.46. The van der Waals surface area contributed by atoms with Crippen LogP contribution >= 0.6 is 0 Å². The van der Waals surface area contributed by atoms with Crippen molar-refractivity contribution in [1.82, 2.24) is 9.62 Å². The highest BCUT2D eigenvalue weighted by Crippen LogP contribution is 2.35. The van der Waals surface area contributed by atoms with Crippen molar-refractivity contribution >= 4 is 27.5 Å². The lowest BCUT2D eigenvalue weighted by atomic mass is 10.1. The van der Waals surface area contributed by atoms with Crippen LogP contribution in [-0.2, 0) is 26.0 Å². The smallest absolute Gasteiger partial charge is 0.265 e. The van der Waals surface area contributed by atoms with Crippen LogP contribution in [0.5, 0.6) is 17.2 Å². The first-order valence-electron chi connectivity index (χ1n) is 11.4. The van der Waals surface area contributed by atoms with Crippen LogP contribution in [0.1, 0.15) is 18.4 Å². The average molecular weight is 504 g/mol. The zero-order chi connectivity index (χ0) is 25.0. The monoisotopic (exact) mass is 503 g/mol. The lowest BCUT2D eigenvalue weighted by Crippen LogP contribution is -2.45. The molecule has 0 radical (unpaired) electrons. The molecule has 0 aromatic heterocycles. The van der Waals surface area contributed by atoms with E-state index in [1.54, 1.807) is 26.4 Å². The molecular formula is C24H29N3O7S. The molecule has 0 atom stereocenters. The number of anilines is 1. The molecule has 11 heteroatoms. The van der Waals surface area contributed by atoms with Gasteiger partial charge in [0, 0.05) is 19.6 Å². The zero-order valence-corrected chi connectivity index (χ0v) is 20.6. The number of fused-ring (bicyclic) bond motifs is 1. The molecule has 10 nitrogen and oxygen atoms in total. The van der Waals surface area contributed by atoms with Gasteiger partial charge >= 0.3 is 0 Å². The van der Waals surface area contributed by atoms with E-state index in [-0.39, 0.29) is 29.6 Å². The maximum atomic E-state index is 13.0. The highest BCUT2D eigenvalue weighted by Gasteiger charge is 2.32. The summed E-state index contributed by atoms with van der Waals surface area (Å²) < 4.78 is 43.5. The minimum Gasteiger partial charge on any atom is -0.497 e. The van der Waals surface area contributed by atoms with Crippen LogP contribution in [0.2, 0.25) is 0 Å². The minimum atomic E-state index is -3.68. The van der Waals surface area contributed by atoms with Gasteiger partial charge in [0.2, 0.25) is 15.9 Å². The van der Waals surface area contributed by atoms with Gasteiger partial charge in [-0.2, -0.15) is 4.31 Å². The maximum Gasteiger partial charge on any atom is 0.265 e. The zero-order valence-electron chi connectivity index (χ0n) is 19.8. The van der Waals surface area contributed by atoms with E-state index in [4.69, 9.17) is 14.2 Å². The molecule has 2 aromatic rings. The largest absolute Gasteiger partial charge is 0.497 e. The normalized spacial score (nSPS) is 15.9. The SMILES string of the molecule is COc1ccc(OC)c(CCNC(=O)CN2C(=O)COc3ccc(S(=O)(=O)N4CCCC4)cc32)c1. The predicted octanol–water partition coefficient (Wildman–Crippen LogP) is 1.57. The highest BCUT2D eigenvalue weighted by atomic mass is 32.2. The summed E-state index contributed by atoms with van der Waals surface area (Å²) >= 11 is 0. The summed E-state index contributed by atoms with van der Waals surface area (Å²) in [5.74, 6) is 0.934. The Labute approximate surface area is 204 Å². The first kappa shape index (κ1) is 24.8. The average Bonchev–Trinajstić information content (AvgIpc) is 3.41. The van der Waals surface area contributed by atoms with Gasteiger partial charge in [0.05, 0.1) is 24.8 Å². The molecule has 1 N–H and O–H groups in total. The third-order valence-electron chi connectivity index (χ3n) is 6.08. The van der Waals surface area contributed by atoms with E-state index in [0.717, 1.165) is 18.4 Å². The van der Waals surface area contributed by atoms with Crippen molar-refractivity contribution in [2.45, 2.75) is 24.2 Å². The van der Waals surface area contributed by atoms with Gasteiger partial charge in [-0.1, -0.05) is 0 Å². The van der Waals surface area contributed by atoms with Gasteiger partial charge in [-0.05, 0) is 61.2 Å². The van der Waals surface area contributed by atoms with Gasteiger partial charge in [-0.15, -0.1) is 0 Å². The molecule has 0 saturated carbocycles. The number of nitrogens with zero attached hydrogens (tertiary/aromatic N) is 2. The highest BCUT2D eigenvalue weighted by molar-refractivity contribution is 7.89. The summed E-state index contributed by atoms with van der Waals surface area (Å²) in [6.07, 6.45) is 2.14. The van der Waals surface area contributed by atoms with Gasteiger partial charge in [-0.3, -0.25) is 14.5 Å². The Morgan fingerprint density at radius 1 is 1.09 bits per heavy atom. The van der Waals surface area contributed by atoms with E-state index in [9.17, 15) is 18.0 Å². The second kappa shape index (κ2) is 10.5. The van der Waals surface area contributed by atoms with Gasteiger partial charge < -0.3 is 19.5 Å². The first-order chi connectivity index (χ1) is 16.8. The van der Waals surface area contributed by atoms with Crippen LogP contribution < -0.4 is 24.4 Å². The number of carbonyl (C=O) groups excluding carboxylic acids is 2. The van der Waals surface area contributed by atoms with Crippen molar-refractivity contribution < 1.29 is 32.2 Å². The standard InChI is InChI=1S/C24H29N3O7S/c1-32-18-5-7-21(33-2)17(13-18)9-10-25-23(28)15-27-20-14-19(6-8-22(20)34-16-24(27)29)35(30,31)26-11-3-4-12-26/h5-8,13-14H,3-4,9-12,15-16H2,1-2H3,(H,25,28). The molecule has 188 valence electrons. The second-order valence-corrected chi connectivity index (χ2v) is 10.2. The minimum absolute atomic E-state index is 0.0759. The topological polar surface area (TPSA) is 114 Å². The van der Waals surface area contributed by atoms with E-state index < -0.39 is 15.9 Å². The predicted molar refractivity (Wildman–Crippen MR) is 129 cm³/mol. The van der Waals surface area contributed by atoms with Gasteiger partial charge in [0.25, 0.3) is 5.91 Å². The molecule has 1 saturated heterocycles. The second-order valence-electron chi connectivity index (χ2n) is 8.29. The number of hydrogen-bond acceptors (Lipinski definition) is 7. The van der Waals surface area contributed by atoms with Crippen molar-refractivity contribution in [3.63, 3.8) is 0 Å². The molecule has 0 unspecified atom stereocenters. The molecule has 4 rings (SSSR count). The number of sulfonamides is 1.